The highest BCUT2D eigenvalue weighted by molar-refractivity contribution is 9.10. The summed E-state index contributed by atoms with van der Waals surface area (Å²) in [4.78, 5) is 14.5. The van der Waals surface area contributed by atoms with Crippen LogP contribution in [0.25, 0.3) is 0 Å². The van der Waals surface area contributed by atoms with Gasteiger partial charge in [-0.15, -0.1) is 0 Å². The van der Waals surface area contributed by atoms with Crippen molar-refractivity contribution in [3.8, 4) is 0 Å². The van der Waals surface area contributed by atoms with Crippen LogP contribution in [-0.2, 0) is 6.42 Å². The average molecular weight is 331 g/mol. The van der Waals surface area contributed by atoms with Crippen LogP contribution in [-0.4, -0.2) is 12.5 Å². The number of amides is 1. The number of nitrogen functional groups attached to an aromatic ring is 1. The Morgan fingerprint density at radius 2 is 2.05 bits per heavy atom. The molecule has 0 aliphatic carbocycles. The number of nitrogens with two attached hydrogens (primary N) is 1. The van der Waals surface area contributed by atoms with Crippen LogP contribution < -0.4 is 10.6 Å². The van der Waals surface area contributed by atoms with Gasteiger partial charge in [0.25, 0.3) is 5.91 Å². The molecule has 0 spiro atoms. The van der Waals surface area contributed by atoms with Crippen LogP contribution in [0.15, 0.2) is 40.9 Å². The van der Waals surface area contributed by atoms with E-state index in [1.54, 1.807) is 4.90 Å². The minimum atomic E-state index is 0.0150. The Balaban J connectivity index is 1.99. The van der Waals surface area contributed by atoms with Crippen LogP contribution in [0.2, 0.25) is 0 Å². The minimum Gasteiger partial charge on any atom is -0.399 e. The third kappa shape index (κ3) is 2.20. The summed E-state index contributed by atoms with van der Waals surface area (Å²) in [6, 6.07) is 11.5. The number of fused-ring (bicyclic) bond motifs is 1. The Hall–Kier alpha value is -1.81. The lowest BCUT2D eigenvalue weighted by Gasteiger charge is -2.18. The van der Waals surface area contributed by atoms with Gasteiger partial charge in [-0.05, 0) is 64.7 Å². The molecule has 0 bridgehead atoms. The lowest BCUT2D eigenvalue weighted by Crippen LogP contribution is -2.29. The van der Waals surface area contributed by atoms with Gasteiger partial charge in [0.1, 0.15) is 0 Å². The second-order valence-corrected chi connectivity index (χ2v) is 5.93. The first-order chi connectivity index (χ1) is 9.56. The van der Waals surface area contributed by atoms with Gasteiger partial charge in [0.05, 0.1) is 5.56 Å². The summed E-state index contributed by atoms with van der Waals surface area (Å²) in [7, 11) is 0. The monoisotopic (exact) mass is 330 g/mol. The van der Waals surface area contributed by atoms with E-state index in [4.69, 9.17) is 5.73 Å². The second kappa shape index (κ2) is 4.94. The molecular weight excluding hydrogens is 316 g/mol. The Morgan fingerprint density at radius 1 is 1.25 bits per heavy atom. The zero-order valence-electron chi connectivity index (χ0n) is 11.2. The lowest BCUT2D eigenvalue weighted by atomic mass is 10.1. The number of nitrogens with zero attached hydrogens (tertiary/aromatic N) is 1. The van der Waals surface area contributed by atoms with Crippen molar-refractivity contribution < 1.29 is 4.79 Å². The van der Waals surface area contributed by atoms with Crippen LogP contribution >= 0.6 is 15.9 Å². The van der Waals surface area contributed by atoms with Crippen LogP contribution in [0.1, 0.15) is 21.5 Å². The number of anilines is 2. The van der Waals surface area contributed by atoms with E-state index in [0.29, 0.717) is 17.8 Å². The molecule has 0 saturated heterocycles. The van der Waals surface area contributed by atoms with Gasteiger partial charge < -0.3 is 10.6 Å². The third-order valence-corrected chi connectivity index (χ3v) is 4.26. The SMILES string of the molecule is Cc1ccc(C(=O)N2CCc3ccc(N)cc32)c(Br)c1. The van der Waals surface area contributed by atoms with Crippen molar-refractivity contribution in [2.24, 2.45) is 0 Å². The van der Waals surface area contributed by atoms with Crippen molar-refractivity contribution in [2.75, 3.05) is 17.2 Å². The highest BCUT2D eigenvalue weighted by Crippen LogP contribution is 2.32. The Labute approximate surface area is 126 Å². The number of aryl methyl sites for hydroxylation is 1. The van der Waals surface area contributed by atoms with Gasteiger partial charge in [0, 0.05) is 22.4 Å². The first kappa shape index (κ1) is 13.2. The van der Waals surface area contributed by atoms with E-state index in [2.05, 4.69) is 15.9 Å². The molecule has 2 aromatic rings. The average Bonchev–Trinajstić information content (AvgIpc) is 2.81. The van der Waals surface area contributed by atoms with Crippen LogP contribution in [0, 0.1) is 6.92 Å². The van der Waals surface area contributed by atoms with Gasteiger partial charge in [-0.25, -0.2) is 0 Å². The lowest BCUT2D eigenvalue weighted by molar-refractivity contribution is 0.0988. The molecule has 1 aliphatic heterocycles. The van der Waals surface area contributed by atoms with E-state index in [1.165, 1.54) is 5.56 Å². The minimum absolute atomic E-state index is 0.0150. The zero-order valence-corrected chi connectivity index (χ0v) is 12.8. The molecule has 4 heteroatoms. The number of carbonyl (C=O) groups excluding carboxylic acids is 1. The maximum Gasteiger partial charge on any atom is 0.259 e. The zero-order chi connectivity index (χ0) is 14.3. The first-order valence-corrected chi connectivity index (χ1v) is 7.32. The second-order valence-electron chi connectivity index (χ2n) is 5.08. The van der Waals surface area contributed by atoms with E-state index in [-0.39, 0.29) is 5.91 Å². The fourth-order valence-corrected chi connectivity index (χ4v) is 3.21. The number of hydrogen-bond acceptors (Lipinski definition) is 2. The third-order valence-electron chi connectivity index (χ3n) is 3.61. The van der Waals surface area contributed by atoms with Gasteiger partial charge in [-0.1, -0.05) is 12.1 Å². The van der Waals surface area contributed by atoms with Crippen molar-refractivity contribution in [1.82, 2.24) is 0 Å². The van der Waals surface area contributed by atoms with E-state index < -0.39 is 0 Å². The quantitative estimate of drug-likeness (QED) is 0.813. The van der Waals surface area contributed by atoms with Crippen molar-refractivity contribution in [1.29, 1.82) is 0 Å². The van der Waals surface area contributed by atoms with Gasteiger partial charge in [-0.2, -0.15) is 0 Å². The summed E-state index contributed by atoms with van der Waals surface area (Å²) >= 11 is 3.48. The molecule has 0 atom stereocenters. The summed E-state index contributed by atoms with van der Waals surface area (Å²) in [6.45, 7) is 2.71. The smallest absolute Gasteiger partial charge is 0.259 e. The van der Waals surface area contributed by atoms with Gasteiger partial charge in [-0.3, -0.25) is 4.79 Å². The highest BCUT2D eigenvalue weighted by atomic mass is 79.9. The summed E-state index contributed by atoms with van der Waals surface area (Å²) in [5, 5.41) is 0. The molecule has 3 nitrogen and oxygen atoms in total. The normalized spacial score (nSPS) is 13.4. The summed E-state index contributed by atoms with van der Waals surface area (Å²) in [5.74, 6) is 0.0150. The number of benzene rings is 2. The molecular formula is C16H15BrN2O. The van der Waals surface area contributed by atoms with Crippen molar-refractivity contribution in [3.63, 3.8) is 0 Å². The number of hydrogen-bond donors (Lipinski definition) is 1. The Bertz CT molecular complexity index is 697. The molecule has 102 valence electrons. The van der Waals surface area contributed by atoms with Crippen LogP contribution in [0.4, 0.5) is 11.4 Å². The standard InChI is InChI=1S/C16H15BrN2O/c1-10-2-5-13(14(17)8-10)16(20)19-7-6-11-3-4-12(18)9-15(11)19/h2-5,8-9H,6-7,18H2,1H3. The molecule has 0 saturated carbocycles. The molecule has 2 aromatic carbocycles. The van der Waals surface area contributed by atoms with E-state index >= 15 is 0 Å². The van der Waals surface area contributed by atoms with E-state index in [0.717, 1.165) is 22.1 Å². The van der Waals surface area contributed by atoms with Crippen LogP contribution in [0.3, 0.4) is 0 Å². The maximum atomic E-state index is 12.7. The summed E-state index contributed by atoms with van der Waals surface area (Å²) in [6.07, 6.45) is 0.880. The fourth-order valence-electron chi connectivity index (χ4n) is 2.55. The molecule has 3 rings (SSSR count). The summed E-state index contributed by atoms with van der Waals surface area (Å²) < 4.78 is 0.833. The highest BCUT2D eigenvalue weighted by Gasteiger charge is 2.26. The van der Waals surface area contributed by atoms with Crippen LogP contribution in [0.5, 0.6) is 0 Å². The van der Waals surface area contributed by atoms with E-state index in [9.17, 15) is 4.79 Å². The number of rotatable bonds is 1. The van der Waals surface area contributed by atoms with Gasteiger partial charge >= 0.3 is 0 Å². The molecule has 0 fully saturated rings. The molecule has 1 aliphatic rings. The maximum absolute atomic E-state index is 12.7. The predicted molar refractivity (Wildman–Crippen MR) is 85.1 cm³/mol. The molecule has 2 N–H and O–H groups in total. The molecule has 0 radical (unpaired) electrons. The molecule has 1 heterocycles. The van der Waals surface area contributed by atoms with Crippen molar-refractivity contribution in [2.45, 2.75) is 13.3 Å². The Morgan fingerprint density at radius 3 is 2.80 bits per heavy atom. The van der Waals surface area contributed by atoms with Crippen molar-refractivity contribution in [3.05, 3.63) is 57.6 Å². The first-order valence-electron chi connectivity index (χ1n) is 6.52. The van der Waals surface area contributed by atoms with Gasteiger partial charge in [0.2, 0.25) is 0 Å². The number of carbonyl (C=O) groups is 1. The Kier molecular flexibility index (Phi) is 3.26. The van der Waals surface area contributed by atoms with Gasteiger partial charge in [0.15, 0.2) is 0 Å². The molecule has 0 unspecified atom stereocenters. The fraction of sp³-hybridized carbons (Fsp3) is 0.188. The topological polar surface area (TPSA) is 46.3 Å². The molecule has 1 amide bonds. The molecule has 20 heavy (non-hydrogen) atoms. The van der Waals surface area contributed by atoms with E-state index in [1.807, 2.05) is 43.3 Å². The molecule has 0 aromatic heterocycles. The van der Waals surface area contributed by atoms with Crippen molar-refractivity contribution >= 4 is 33.2 Å². The largest absolute Gasteiger partial charge is 0.399 e. The summed E-state index contributed by atoms with van der Waals surface area (Å²) in [5.41, 5.74) is 10.4. The number of halogens is 1. The predicted octanol–water partition coefficient (Wildman–Crippen LogP) is 3.54.